The number of hydrogen-bond acceptors (Lipinski definition) is 6. The normalized spacial score (nSPS) is 25.4. The zero-order valence-corrected chi connectivity index (χ0v) is 18.7. The molecular formula is C24H32N6O2. The van der Waals surface area contributed by atoms with Crippen LogP contribution in [0, 0.1) is 5.92 Å². The number of anilines is 1. The zero-order chi connectivity index (χ0) is 21.7. The number of ether oxygens (including phenoxy) is 1. The maximum atomic E-state index is 10.0. The molecule has 8 nitrogen and oxygen atoms in total. The summed E-state index contributed by atoms with van der Waals surface area (Å²) in [5, 5.41) is 23.1. The number of nitrogens with one attached hydrogen (secondary N) is 1. The van der Waals surface area contributed by atoms with E-state index in [0.29, 0.717) is 23.8 Å². The molecule has 2 N–H and O–H groups in total. The molecule has 6 rings (SSSR count). The number of hydrogen-bond donors (Lipinski definition) is 2. The Morgan fingerprint density at radius 1 is 1.12 bits per heavy atom. The molecule has 2 saturated carbocycles. The lowest BCUT2D eigenvalue weighted by atomic mass is 9.85. The number of nitrogens with zero attached hydrogens (tertiary/aromatic N) is 5. The molecule has 0 bridgehead atoms. The highest BCUT2D eigenvalue weighted by Crippen LogP contribution is 2.38. The fraction of sp³-hybridized carbons (Fsp3) is 0.625. The van der Waals surface area contributed by atoms with Crippen LogP contribution in [0.25, 0.3) is 16.6 Å². The molecule has 1 saturated heterocycles. The van der Waals surface area contributed by atoms with Crippen molar-refractivity contribution in [2.75, 3.05) is 18.5 Å². The standard InChI is InChI=1S/C24H32N6O2/c1-15(18-13-32-14-18)27-24-25-11-23-21(17-10-26-29(12-17)19-3-2-4-19)9-22(30(23)28-24)16-5-7-20(31)8-6-16/h9-12,15-16,18-20,31H,2-8,13-14H2,1H3,(H,27,28)/t15-,16?,20?/m1/s1. The molecular weight excluding hydrogens is 404 g/mol. The van der Waals surface area contributed by atoms with Gasteiger partial charge in [-0.05, 0) is 57.9 Å². The van der Waals surface area contributed by atoms with E-state index in [9.17, 15) is 5.11 Å². The van der Waals surface area contributed by atoms with Crippen LogP contribution in [0.5, 0.6) is 0 Å². The number of rotatable bonds is 6. The zero-order valence-electron chi connectivity index (χ0n) is 18.7. The summed E-state index contributed by atoms with van der Waals surface area (Å²) in [6.45, 7) is 3.76. The molecule has 3 fully saturated rings. The third-order valence-corrected chi connectivity index (χ3v) is 7.75. The highest BCUT2D eigenvalue weighted by Gasteiger charge is 2.28. The van der Waals surface area contributed by atoms with E-state index in [1.54, 1.807) is 0 Å². The summed E-state index contributed by atoms with van der Waals surface area (Å²) in [4.78, 5) is 4.66. The Labute approximate surface area is 188 Å². The van der Waals surface area contributed by atoms with Gasteiger partial charge in [0.15, 0.2) is 0 Å². The van der Waals surface area contributed by atoms with Gasteiger partial charge < -0.3 is 15.2 Å². The fourth-order valence-corrected chi connectivity index (χ4v) is 5.17. The fourth-order valence-electron chi connectivity index (χ4n) is 5.17. The summed E-state index contributed by atoms with van der Waals surface area (Å²) in [6, 6.07) is 3.09. The van der Waals surface area contributed by atoms with Gasteiger partial charge in [0.05, 0.1) is 43.3 Å². The molecule has 1 aliphatic heterocycles. The Kier molecular flexibility index (Phi) is 5.14. The second-order valence-corrected chi connectivity index (χ2v) is 9.89. The molecule has 1 atom stereocenters. The van der Waals surface area contributed by atoms with Gasteiger partial charge in [0.2, 0.25) is 5.95 Å². The van der Waals surface area contributed by atoms with E-state index in [-0.39, 0.29) is 12.1 Å². The monoisotopic (exact) mass is 436 g/mol. The molecule has 32 heavy (non-hydrogen) atoms. The van der Waals surface area contributed by atoms with Gasteiger partial charge in [0.1, 0.15) is 0 Å². The van der Waals surface area contributed by atoms with Crippen molar-refractivity contribution < 1.29 is 9.84 Å². The van der Waals surface area contributed by atoms with Crippen LogP contribution in [-0.2, 0) is 4.74 Å². The summed E-state index contributed by atoms with van der Waals surface area (Å²) >= 11 is 0. The molecule has 0 amide bonds. The van der Waals surface area contributed by atoms with Crippen molar-refractivity contribution in [3.63, 3.8) is 0 Å². The predicted octanol–water partition coefficient (Wildman–Crippen LogP) is 3.78. The highest BCUT2D eigenvalue weighted by molar-refractivity contribution is 5.81. The van der Waals surface area contributed by atoms with Crippen molar-refractivity contribution in [2.24, 2.45) is 5.92 Å². The highest BCUT2D eigenvalue weighted by atomic mass is 16.5. The summed E-state index contributed by atoms with van der Waals surface area (Å²) < 4.78 is 9.54. The Balaban J connectivity index is 1.37. The van der Waals surface area contributed by atoms with Gasteiger partial charge in [-0.3, -0.25) is 4.68 Å². The van der Waals surface area contributed by atoms with E-state index in [1.165, 1.54) is 25.0 Å². The van der Waals surface area contributed by atoms with E-state index in [0.717, 1.165) is 55.5 Å². The Bertz CT molecular complexity index is 1090. The van der Waals surface area contributed by atoms with Crippen molar-refractivity contribution in [2.45, 2.75) is 76.0 Å². The number of aliphatic hydroxyl groups is 1. The minimum absolute atomic E-state index is 0.171. The molecule has 4 heterocycles. The van der Waals surface area contributed by atoms with Crippen LogP contribution in [0.1, 0.15) is 69.5 Å². The summed E-state index contributed by atoms with van der Waals surface area (Å²) in [7, 11) is 0. The van der Waals surface area contributed by atoms with Crippen LogP contribution in [0.2, 0.25) is 0 Å². The second kappa shape index (κ2) is 8.15. The molecule has 8 heteroatoms. The first-order valence-corrected chi connectivity index (χ1v) is 12.1. The van der Waals surface area contributed by atoms with Crippen LogP contribution < -0.4 is 5.32 Å². The second-order valence-electron chi connectivity index (χ2n) is 9.89. The Morgan fingerprint density at radius 3 is 2.62 bits per heavy atom. The lowest BCUT2D eigenvalue weighted by molar-refractivity contribution is -0.0380. The predicted molar refractivity (Wildman–Crippen MR) is 122 cm³/mol. The van der Waals surface area contributed by atoms with Crippen molar-refractivity contribution in [1.82, 2.24) is 24.4 Å². The molecule has 0 radical (unpaired) electrons. The van der Waals surface area contributed by atoms with Crippen LogP contribution >= 0.6 is 0 Å². The average Bonchev–Trinajstić information content (AvgIpc) is 3.31. The quantitative estimate of drug-likeness (QED) is 0.611. The van der Waals surface area contributed by atoms with Crippen molar-refractivity contribution >= 4 is 11.5 Å². The van der Waals surface area contributed by atoms with Gasteiger partial charge in [-0.1, -0.05) is 0 Å². The smallest absolute Gasteiger partial charge is 0.241 e. The number of aliphatic hydroxyl groups excluding tert-OH is 1. The maximum absolute atomic E-state index is 10.0. The largest absolute Gasteiger partial charge is 0.393 e. The van der Waals surface area contributed by atoms with Gasteiger partial charge in [0.25, 0.3) is 0 Å². The van der Waals surface area contributed by atoms with E-state index in [4.69, 9.17) is 9.84 Å². The van der Waals surface area contributed by atoms with Gasteiger partial charge >= 0.3 is 0 Å². The van der Waals surface area contributed by atoms with Crippen LogP contribution in [0.3, 0.4) is 0 Å². The molecule has 3 aromatic heterocycles. The van der Waals surface area contributed by atoms with E-state index in [2.05, 4.69) is 43.8 Å². The molecule has 170 valence electrons. The molecule has 0 aromatic carbocycles. The summed E-state index contributed by atoms with van der Waals surface area (Å²) in [5.41, 5.74) is 4.50. The minimum Gasteiger partial charge on any atom is -0.393 e. The van der Waals surface area contributed by atoms with Crippen molar-refractivity contribution in [1.29, 1.82) is 0 Å². The number of fused-ring (bicyclic) bond motifs is 1. The lowest BCUT2D eigenvalue weighted by Gasteiger charge is -2.31. The van der Waals surface area contributed by atoms with Gasteiger partial charge in [-0.2, -0.15) is 5.10 Å². The van der Waals surface area contributed by atoms with Gasteiger partial charge in [-0.15, -0.1) is 5.10 Å². The van der Waals surface area contributed by atoms with Crippen LogP contribution in [0.15, 0.2) is 24.7 Å². The number of aromatic nitrogens is 5. The SMILES string of the molecule is C[C@@H](Nc1ncc2c(-c3cnn(C4CCC4)c3)cc(C3CCC(O)CC3)n2n1)C1COC1. The molecule has 3 aromatic rings. The van der Waals surface area contributed by atoms with E-state index < -0.39 is 0 Å². The van der Waals surface area contributed by atoms with Crippen molar-refractivity contribution in [3.8, 4) is 11.1 Å². The van der Waals surface area contributed by atoms with Crippen molar-refractivity contribution in [3.05, 3.63) is 30.4 Å². The van der Waals surface area contributed by atoms with Gasteiger partial charge in [0, 0.05) is 40.9 Å². The molecule has 0 spiro atoms. The molecule has 0 unspecified atom stereocenters. The minimum atomic E-state index is -0.171. The average molecular weight is 437 g/mol. The topological polar surface area (TPSA) is 89.5 Å². The third kappa shape index (κ3) is 3.59. The van der Waals surface area contributed by atoms with Gasteiger partial charge in [-0.25, -0.2) is 9.50 Å². The summed E-state index contributed by atoms with van der Waals surface area (Å²) in [6.07, 6.45) is 13.3. The van der Waals surface area contributed by atoms with E-state index >= 15 is 0 Å². The first-order valence-electron chi connectivity index (χ1n) is 12.1. The summed E-state index contributed by atoms with van der Waals surface area (Å²) in [5.74, 6) is 1.55. The molecule has 3 aliphatic rings. The maximum Gasteiger partial charge on any atom is 0.241 e. The van der Waals surface area contributed by atoms with Crippen LogP contribution in [0.4, 0.5) is 5.95 Å². The van der Waals surface area contributed by atoms with E-state index in [1.807, 2.05) is 12.4 Å². The molecule has 2 aliphatic carbocycles. The third-order valence-electron chi connectivity index (χ3n) is 7.75. The Hall–Kier alpha value is -2.45. The first-order chi connectivity index (χ1) is 15.7. The Morgan fingerprint density at radius 2 is 1.94 bits per heavy atom. The first kappa shape index (κ1) is 20.2. The van der Waals surface area contributed by atoms with Crippen LogP contribution in [-0.4, -0.2) is 54.8 Å². The lowest BCUT2D eigenvalue weighted by Crippen LogP contribution is -2.40.